The van der Waals surface area contributed by atoms with Crippen LogP contribution in [0.4, 0.5) is 0 Å². The molecule has 2 aromatic heterocycles. The Balaban J connectivity index is 0.935. The lowest BCUT2D eigenvalue weighted by Gasteiger charge is -2.23. The van der Waals surface area contributed by atoms with Crippen LogP contribution in [-0.4, -0.2) is 0 Å². The fraction of sp³-hybridized carbons (Fsp3) is 0.0526. The third-order valence-electron chi connectivity index (χ3n) is 13.2. The van der Waals surface area contributed by atoms with Gasteiger partial charge in [0.05, 0.1) is 0 Å². The maximum absolute atomic E-state index is 6.48. The Bertz CT molecular complexity index is 3690. The van der Waals surface area contributed by atoms with Crippen LogP contribution in [0, 0.1) is 0 Å². The zero-order valence-corrected chi connectivity index (χ0v) is 33.5. The van der Waals surface area contributed by atoms with Crippen LogP contribution in [0.15, 0.2) is 186 Å². The molecule has 0 unspecified atom stereocenters. The van der Waals surface area contributed by atoms with E-state index in [0.717, 1.165) is 11.2 Å². The zero-order chi connectivity index (χ0) is 39.0. The molecule has 0 radical (unpaired) electrons. The average molecular weight is 769 g/mol. The molecule has 0 N–H and O–H groups in total. The van der Waals surface area contributed by atoms with Crippen molar-refractivity contribution in [3.8, 4) is 44.5 Å². The van der Waals surface area contributed by atoms with Crippen molar-refractivity contribution in [2.45, 2.75) is 19.3 Å². The van der Waals surface area contributed by atoms with Crippen LogP contribution in [0.3, 0.4) is 0 Å². The van der Waals surface area contributed by atoms with E-state index in [4.69, 9.17) is 4.42 Å². The summed E-state index contributed by atoms with van der Waals surface area (Å²) in [6.07, 6.45) is 0. The van der Waals surface area contributed by atoms with Crippen molar-refractivity contribution in [2.75, 3.05) is 0 Å². The van der Waals surface area contributed by atoms with Gasteiger partial charge >= 0.3 is 0 Å². The molecule has 0 saturated carbocycles. The molecule has 0 fully saturated rings. The Morgan fingerprint density at radius 1 is 0.373 bits per heavy atom. The van der Waals surface area contributed by atoms with E-state index >= 15 is 0 Å². The molecule has 59 heavy (non-hydrogen) atoms. The number of hydrogen-bond donors (Lipinski definition) is 0. The van der Waals surface area contributed by atoms with Crippen LogP contribution in [0.25, 0.3) is 119 Å². The normalized spacial score (nSPS) is 13.4. The Morgan fingerprint density at radius 2 is 0.932 bits per heavy atom. The first kappa shape index (κ1) is 33.0. The van der Waals surface area contributed by atoms with E-state index in [-0.39, 0.29) is 5.41 Å². The average Bonchev–Trinajstić information content (AvgIpc) is 3.91. The first-order valence-electron chi connectivity index (χ1n) is 20.5. The van der Waals surface area contributed by atoms with Gasteiger partial charge in [0.25, 0.3) is 0 Å². The maximum Gasteiger partial charge on any atom is 0.143 e. The molecule has 10 aromatic carbocycles. The van der Waals surface area contributed by atoms with Gasteiger partial charge in [0, 0.05) is 41.7 Å². The van der Waals surface area contributed by atoms with Crippen molar-refractivity contribution in [1.29, 1.82) is 0 Å². The quantitative estimate of drug-likeness (QED) is 0.163. The number of para-hydroxylation sites is 1. The molecule has 0 aliphatic heterocycles. The van der Waals surface area contributed by atoms with Gasteiger partial charge in [0.2, 0.25) is 0 Å². The summed E-state index contributed by atoms with van der Waals surface area (Å²) in [6, 6.07) is 67.6. The molecule has 276 valence electrons. The van der Waals surface area contributed by atoms with Crippen LogP contribution in [0.1, 0.15) is 25.0 Å². The number of thiophene rings is 1. The van der Waals surface area contributed by atoms with Gasteiger partial charge in [-0.25, -0.2) is 0 Å². The highest BCUT2D eigenvalue weighted by molar-refractivity contribution is 7.25. The summed E-state index contributed by atoms with van der Waals surface area (Å²) in [6.45, 7) is 4.80. The molecule has 12 aromatic rings. The number of hydrogen-bond acceptors (Lipinski definition) is 2. The monoisotopic (exact) mass is 768 g/mol. The molecule has 13 rings (SSSR count). The molecule has 2 heterocycles. The molecular formula is C57H36OS. The van der Waals surface area contributed by atoms with E-state index in [1.54, 1.807) is 0 Å². The molecular weight excluding hydrogens is 733 g/mol. The van der Waals surface area contributed by atoms with Crippen molar-refractivity contribution in [2.24, 2.45) is 0 Å². The van der Waals surface area contributed by atoms with Gasteiger partial charge in [-0.05, 0) is 131 Å². The Morgan fingerprint density at radius 3 is 1.64 bits per heavy atom. The Hall–Kier alpha value is -7.00. The van der Waals surface area contributed by atoms with Crippen molar-refractivity contribution in [3.63, 3.8) is 0 Å². The van der Waals surface area contributed by atoms with Crippen molar-refractivity contribution in [1.82, 2.24) is 0 Å². The van der Waals surface area contributed by atoms with E-state index in [2.05, 4.69) is 190 Å². The van der Waals surface area contributed by atoms with Gasteiger partial charge in [0.15, 0.2) is 0 Å². The summed E-state index contributed by atoms with van der Waals surface area (Å²) in [7, 11) is 0. The molecule has 0 spiro atoms. The fourth-order valence-electron chi connectivity index (χ4n) is 10.4. The van der Waals surface area contributed by atoms with Crippen LogP contribution in [0.5, 0.6) is 0 Å². The molecule has 0 saturated heterocycles. The van der Waals surface area contributed by atoms with E-state index < -0.39 is 0 Å². The molecule has 0 bridgehead atoms. The topological polar surface area (TPSA) is 13.1 Å². The van der Waals surface area contributed by atoms with Gasteiger partial charge in [-0.15, -0.1) is 11.3 Å². The second-order valence-corrected chi connectivity index (χ2v) is 17.9. The van der Waals surface area contributed by atoms with Gasteiger partial charge in [0.1, 0.15) is 11.2 Å². The molecule has 1 aliphatic rings. The van der Waals surface area contributed by atoms with Crippen LogP contribution < -0.4 is 0 Å². The first-order valence-corrected chi connectivity index (χ1v) is 21.3. The number of rotatable bonds is 3. The van der Waals surface area contributed by atoms with E-state index in [9.17, 15) is 0 Å². The smallest absolute Gasteiger partial charge is 0.143 e. The molecule has 2 heteroatoms. The Kier molecular flexibility index (Phi) is 6.73. The molecule has 0 amide bonds. The predicted octanol–water partition coefficient (Wildman–Crippen LogP) is 16.7. The first-order chi connectivity index (χ1) is 29.0. The predicted molar refractivity (Wildman–Crippen MR) is 253 cm³/mol. The molecule has 0 atom stereocenters. The highest BCUT2D eigenvalue weighted by atomic mass is 32.1. The molecule has 1 aliphatic carbocycles. The van der Waals surface area contributed by atoms with E-state index in [0.29, 0.717) is 0 Å². The fourth-order valence-corrected chi connectivity index (χ4v) is 11.5. The lowest BCUT2D eigenvalue weighted by Crippen LogP contribution is -2.15. The minimum absolute atomic E-state index is 0.178. The van der Waals surface area contributed by atoms with Gasteiger partial charge in [-0.3, -0.25) is 0 Å². The summed E-state index contributed by atoms with van der Waals surface area (Å²) in [5.74, 6) is 0. The minimum Gasteiger partial charge on any atom is -0.455 e. The van der Waals surface area contributed by atoms with E-state index in [1.165, 1.54) is 119 Å². The zero-order valence-electron chi connectivity index (χ0n) is 32.6. The molecule has 1 nitrogen and oxygen atoms in total. The lowest BCUT2D eigenvalue weighted by molar-refractivity contribution is 0.661. The second kappa shape index (κ2) is 12.0. The Labute approximate surface area is 345 Å². The number of furan rings is 1. The van der Waals surface area contributed by atoms with Crippen LogP contribution >= 0.6 is 11.3 Å². The van der Waals surface area contributed by atoms with Crippen molar-refractivity contribution < 1.29 is 4.42 Å². The second-order valence-electron chi connectivity index (χ2n) is 16.8. The van der Waals surface area contributed by atoms with Crippen LogP contribution in [0.2, 0.25) is 0 Å². The summed E-state index contributed by atoms with van der Waals surface area (Å²) in [4.78, 5) is 0. The van der Waals surface area contributed by atoms with Crippen LogP contribution in [-0.2, 0) is 5.41 Å². The van der Waals surface area contributed by atoms with Gasteiger partial charge < -0.3 is 4.42 Å². The largest absolute Gasteiger partial charge is 0.455 e. The number of fused-ring (bicyclic) bond motifs is 13. The van der Waals surface area contributed by atoms with Gasteiger partial charge in [-0.1, -0.05) is 147 Å². The van der Waals surface area contributed by atoms with E-state index in [1.807, 2.05) is 17.4 Å². The van der Waals surface area contributed by atoms with Crippen molar-refractivity contribution >= 4 is 85.8 Å². The highest BCUT2D eigenvalue weighted by Crippen LogP contribution is 2.52. The summed E-state index contributed by atoms with van der Waals surface area (Å²) >= 11 is 1.87. The standard InChI is InChI=1S/C57H36OS/c1-57(2)49-29-35(34-23-27-52-47(28-34)48-32-46-36(31-53(48)59-52)21-26-45-40-14-10-11-19-51(40)58-56(45)46)20-24-38(49)39-25-22-37(30-50(39)57)55-43-17-8-6-15-41(43)54(33-12-4-3-5-13-33)42-16-7-9-18-44(42)55/h3-32H,1-2H3. The maximum atomic E-state index is 6.48. The third-order valence-corrected chi connectivity index (χ3v) is 14.4. The lowest BCUT2D eigenvalue weighted by atomic mass is 9.80. The van der Waals surface area contributed by atoms with Crippen molar-refractivity contribution in [3.05, 3.63) is 193 Å². The summed E-state index contributed by atoms with van der Waals surface area (Å²) < 4.78 is 9.09. The summed E-state index contributed by atoms with van der Waals surface area (Å²) in [5, 5.41) is 12.4. The minimum atomic E-state index is -0.178. The SMILES string of the molecule is CC1(C)c2cc(-c3ccc4sc5cc6ccc7c8ccccc8oc7c6cc5c4c3)ccc2-c2ccc(-c3c4ccccc4c(-c4ccccc4)c4ccccc34)cc21. The third kappa shape index (κ3) is 4.67. The van der Waals surface area contributed by atoms with Gasteiger partial charge in [-0.2, -0.15) is 0 Å². The number of benzene rings is 10. The highest BCUT2D eigenvalue weighted by Gasteiger charge is 2.36. The summed E-state index contributed by atoms with van der Waals surface area (Å²) in [5.41, 5.74) is 14.7.